The molecule has 0 fully saturated rings. The normalized spacial score (nSPS) is 15.4. The van der Waals surface area contributed by atoms with E-state index in [9.17, 15) is 12.8 Å². The third kappa shape index (κ3) is 2.47. The van der Waals surface area contributed by atoms with Gasteiger partial charge in [-0.1, -0.05) is 12.1 Å². The molecule has 1 aliphatic rings. The molecule has 0 unspecified atom stereocenters. The van der Waals surface area contributed by atoms with Crippen molar-refractivity contribution in [3.63, 3.8) is 0 Å². The number of aromatic nitrogens is 2. The molecule has 0 radical (unpaired) electrons. The Morgan fingerprint density at radius 3 is 2.83 bits per heavy atom. The second-order valence-electron chi connectivity index (χ2n) is 5.56. The van der Waals surface area contributed by atoms with Gasteiger partial charge in [0.25, 0.3) is 0 Å². The third-order valence-electron chi connectivity index (χ3n) is 4.16. The lowest BCUT2D eigenvalue weighted by atomic mass is 10.0. The van der Waals surface area contributed by atoms with Crippen LogP contribution < -0.4 is 0 Å². The Hall–Kier alpha value is -2.03. The van der Waals surface area contributed by atoms with Crippen LogP contribution in [0.3, 0.4) is 0 Å². The molecule has 0 saturated carbocycles. The lowest BCUT2D eigenvalue weighted by Crippen LogP contribution is -2.35. The van der Waals surface area contributed by atoms with Crippen LogP contribution in [0.1, 0.15) is 11.3 Å². The van der Waals surface area contributed by atoms with Crippen LogP contribution in [-0.4, -0.2) is 29.5 Å². The van der Waals surface area contributed by atoms with Crippen LogP contribution in [0.4, 0.5) is 4.39 Å². The summed E-state index contributed by atoms with van der Waals surface area (Å²) in [5.74, 6) is -0.371. The first-order valence-corrected chi connectivity index (χ1v) is 9.79. The highest BCUT2D eigenvalue weighted by Gasteiger charge is 2.31. The fraction of sp³-hybridized carbons (Fsp3) is 0.188. The van der Waals surface area contributed by atoms with E-state index < -0.39 is 10.0 Å². The topological polar surface area (TPSA) is 66.1 Å². The van der Waals surface area contributed by atoms with Crippen LogP contribution in [0.5, 0.6) is 0 Å². The summed E-state index contributed by atoms with van der Waals surface area (Å²) in [6.45, 7) is 0.567. The molecule has 4 rings (SSSR count). The second kappa shape index (κ2) is 5.80. The van der Waals surface area contributed by atoms with Gasteiger partial charge in [0, 0.05) is 41.7 Å². The zero-order valence-electron chi connectivity index (χ0n) is 12.6. The molecule has 8 heteroatoms. The molecule has 0 amide bonds. The highest BCUT2D eigenvalue weighted by atomic mass is 32.2. The molecular formula is C16H14FN3O2S2. The van der Waals surface area contributed by atoms with Gasteiger partial charge in [0.1, 0.15) is 5.82 Å². The highest BCUT2D eigenvalue weighted by Crippen LogP contribution is 2.32. The average molecular weight is 363 g/mol. The van der Waals surface area contributed by atoms with Crippen LogP contribution in [0.2, 0.25) is 0 Å². The molecule has 1 aliphatic heterocycles. The largest absolute Gasteiger partial charge is 0.282 e. The van der Waals surface area contributed by atoms with Gasteiger partial charge in [-0.15, -0.1) is 0 Å². The van der Waals surface area contributed by atoms with Gasteiger partial charge >= 0.3 is 0 Å². The van der Waals surface area contributed by atoms with Crippen molar-refractivity contribution >= 4 is 21.4 Å². The summed E-state index contributed by atoms with van der Waals surface area (Å²) >= 11 is 1.35. The quantitative estimate of drug-likeness (QED) is 0.778. The van der Waals surface area contributed by atoms with Crippen LogP contribution in [0.15, 0.2) is 46.0 Å². The molecule has 3 heterocycles. The lowest BCUT2D eigenvalue weighted by Gasteiger charge is -2.26. The van der Waals surface area contributed by atoms with E-state index in [4.69, 9.17) is 0 Å². The lowest BCUT2D eigenvalue weighted by molar-refractivity contribution is 0.390. The van der Waals surface area contributed by atoms with Crippen LogP contribution in [0, 0.1) is 5.82 Å². The maximum Gasteiger partial charge on any atom is 0.244 e. The molecule has 0 spiro atoms. The minimum atomic E-state index is -3.54. The molecule has 24 heavy (non-hydrogen) atoms. The van der Waals surface area contributed by atoms with Gasteiger partial charge in [-0.2, -0.15) is 20.7 Å². The van der Waals surface area contributed by atoms with E-state index in [-0.39, 0.29) is 12.4 Å². The van der Waals surface area contributed by atoms with Crippen molar-refractivity contribution in [3.8, 4) is 11.3 Å². The number of hydrogen-bond acceptors (Lipinski definition) is 4. The number of thiophene rings is 1. The summed E-state index contributed by atoms with van der Waals surface area (Å²) in [4.78, 5) is 0.298. The van der Waals surface area contributed by atoms with Crippen molar-refractivity contribution in [1.29, 1.82) is 0 Å². The second-order valence-corrected chi connectivity index (χ2v) is 8.27. The summed E-state index contributed by atoms with van der Waals surface area (Å²) in [6, 6.07) is 7.98. The van der Waals surface area contributed by atoms with Gasteiger partial charge in [-0.3, -0.25) is 5.10 Å². The van der Waals surface area contributed by atoms with Crippen molar-refractivity contribution in [3.05, 3.63) is 58.2 Å². The van der Waals surface area contributed by atoms with Gasteiger partial charge in [0.05, 0.1) is 10.6 Å². The fourth-order valence-electron chi connectivity index (χ4n) is 2.90. The molecule has 3 aromatic rings. The summed E-state index contributed by atoms with van der Waals surface area (Å²) in [5.41, 5.74) is 2.47. The van der Waals surface area contributed by atoms with Gasteiger partial charge in [0.15, 0.2) is 0 Å². The Morgan fingerprint density at radius 1 is 1.25 bits per heavy atom. The molecule has 0 saturated heterocycles. The van der Waals surface area contributed by atoms with E-state index in [0.29, 0.717) is 29.1 Å². The van der Waals surface area contributed by atoms with Crippen LogP contribution in [0.25, 0.3) is 11.3 Å². The smallest absolute Gasteiger partial charge is 0.244 e. The number of fused-ring (bicyclic) bond motifs is 1. The number of sulfonamides is 1. The van der Waals surface area contributed by atoms with Gasteiger partial charge in [0.2, 0.25) is 10.0 Å². The van der Waals surface area contributed by atoms with Crippen molar-refractivity contribution in [2.45, 2.75) is 17.9 Å². The molecule has 1 aromatic carbocycles. The first-order valence-electron chi connectivity index (χ1n) is 7.41. The Balaban J connectivity index is 1.73. The standard InChI is InChI=1S/C16H14FN3O2S2/c17-14-4-2-1-3-12(14)16-13-9-20(7-5-15(13)18-19-16)24(21,22)11-6-8-23-10-11/h1-4,6,8,10H,5,7,9H2,(H,18,19). The first kappa shape index (κ1) is 15.5. The molecular weight excluding hydrogens is 349 g/mol. The number of rotatable bonds is 3. The monoisotopic (exact) mass is 363 g/mol. The molecule has 0 atom stereocenters. The minimum Gasteiger partial charge on any atom is -0.282 e. The minimum absolute atomic E-state index is 0.188. The summed E-state index contributed by atoms with van der Waals surface area (Å²) in [7, 11) is -3.54. The number of H-pyrrole nitrogens is 1. The summed E-state index contributed by atoms with van der Waals surface area (Å²) in [6.07, 6.45) is 0.528. The Labute approximate surface area is 142 Å². The Morgan fingerprint density at radius 2 is 2.08 bits per heavy atom. The number of nitrogens with one attached hydrogen (secondary N) is 1. The van der Waals surface area contributed by atoms with Gasteiger partial charge in [-0.25, -0.2) is 12.8 Å². The fourth-order valence-corrected chi connectivity index (χ4v) is 5.32. The molecule has 0 bridgehead atoms. The van der Waals surface area contributed by atoms with E-state index in [1.165, 1.54) is 21.7 Å². The van der Waals surface area contributed by atoms with E-state index >= 15 is 0 Å². The van der Waals surface area contributed by atoms with E-state index in [0.717, 1.165) is 11.3 Å². The van der Waals surface area contributed by atoms with Crippen molar-refractivity contribution in [2.24, 2.45) is 0 Å². The van der Waals surface area contributed by atoms with Crippen molar-refractivity contribution in [2.75, 3.05) is 6.54 Å². The number of aromatic amines is 1. The first-order chi connectivity index (χ1) is 11.6. The predicted octanol–water partition coefficient (Wildman–Crippen LogP) is 3.02. The van der Waals surface area contributed by atoms with Crippen molar-refractivity contribution in [1.82, 2.24) is 14.5 Å². The van der Waals surface area contributed by atoms with Crippen LogP contribution >= 0.6 is 11.3 Å². The van der Waals surface area contributed by atoms with Crippen LogP contribution in [-0.2, 0) is 23.0 Å². The predicted molar refractivity (Wildman–Crippen MR) is 89.6 cm³/mol. The Kier molecular flexibility index (Phi) is 3.75. The van der Waals surface area contributed by atoms with E-state index in [1.807, 2.05) is 0 Å². The van der Waals surface area contributed by atoms with E-state index in [2.05, 4.69) is 10.2 Å². The van der Waals surface area contributed by atoms with Crippen molar-refractivity contribution < 1.29 is 12.8 Å². The summed E-state index contributed by atoms with van der Waals surface area (Å²) in [5, 5.41) is 10.5. The molecule has 2 aromatic heterocycles. The molecule has 5 nitrogen and oxygen atoms in total. The van der Waals surface area contributed by atoms with Gasteiger partial charge < -0.3 is 0 Å². The molecule has 0 aliphatic carbocycles. The number of nitrogens with zero attached hydrogens (tertiary/aromatic N) is 2. The van der Waals surface area contributed by atoms with Gasteiger partial charge in [-0.05, 0) is 23.6 Å². The third-order valence-corrected chi connectivity index (χ3v) is 6.83. The SMILES string of the molecule is O=S(=O)(c1ccsc1)N1CCc2[nH]nc(-c3ccccc3F)c2C1. The summed E-state index contributed by atoms with van der Waals surface area (Å²) < 4.78 is 41.0. The molecule has 124 valence electrons. The maximum atomic E-state index is 14.1. The average Bonchev–Trinajstić information content (AvgIpc) is 3.25. The number of hydrogen-bond donors (Lipinski definition) is 1. The Bertz CT molecular complexity index is 981. The van der Waals surface area contributed by atoms with E-state index in [1.54, 1.807) is 35.0 Å². The zero-order valence-corrected chi connectivity index (χ0v) is 14.2. The molecule has 1 N–H and O–H groups in total. The highest BCUT2D eigenvalue weighted by molar-refractivity contribution is 7.89. The number of halogens is 1. The zero-order chi connectivity index (χ0) is 16.7. The maximum absolute atomic E-state index is 14.1. The number of benzene rings is 1.